The minimum Gasteiger partial charge on any atom is -0.487 e. The van der Waals surface area contributed by atoms with Crippen molar-refractivity contribution >= 4 is 5.97 Å². The number of ether oxygens (including phenoxy) is 2. The highest BCUT2D eigenvalue weighted by Crippen LogP contribution is 2.25. The van der Waals surface area contributed by atoms with Crippen LogP contribution in [0.1, 0.15) is 10.4 Å². The molecule has 0 aliphatic rings. The molecule has 0 fully saturated rings. The Morgan fingerprint density at radius 3 is 2.58 bits per heavy atom. The van der Waals surface area contributed by atoms with E-state index in [1.165, 1.54) is 37.7 Å². The Kier molecular flexibility index (Phi) is 3.46. The first-order chi connectivity index (χ1) is 9.11. The first kappa shape index (κ1) is 12.6. The molecule has 0 aliphatic carbocycles. The lowest BCUT2D eigenvalue weighted by Gasteiger charge is -2.07. The number of H-pyrrole nitrogens is 1. The quantitative estimate of drug-likeness (QED) is 0.860. The zero-order valence-electron chi connectivity index (χ0n) is 9.91. The fourth-order valence-corrected chi connectivity index (χ4v) is 1.40. The summed E-state index contributed by atoms with van der Waals surface area (Å²) >= 11 is 0. The molecule has 98 valence electrons. The lowest BCUT2D eigenvalue weighted by Crippen LogP contribution is -2.10. The Balaban J connectivity index is 2.29. The Bertz CT molecular complexity index is 648. The number of aromatic carboxylic acids is 1. The van der Waals surface area contributed by atoms with Crippen molar-refractivity contribution in [3.63, 3.8) is 0 Å². The summed E-state index contributed by atoms with van der Waals surface area (Å²) < 4.78 is 10.3. The number of carboxylic acids is 1. The van der Waals surface area contributed by atoms with E-state index in [1.54, 1.807) is 0 Å². The van der Waals surface area contributed by atoms with Gasteiger partial charge in [0.1, 0.15) is 5.75 Å². The first-order valence-corrected chi connectivity index (χ1v) is 5.24. The molecule has 0 aliphatic heterocycles. The smallest absolute Gasteiger partial charge is 0.335 e. The molecule has 0 spiro atoms. The van der Waals surface area contributed by atoms with E-state index in [4.69, 9.17) is 14.6 Å². The van der Waals surface area contributed by atoms with Crippen molar-refractivity contribution < 1.29 is 19.4 Å². The van der Waals surface area contributed by atoms with E-state index < -0.39 is 11.5 Å². The molecule has 1 aromatic heterocycles. The van der Waals surface area contributed by atoms with E-state index in [-0.39, 0.29) is 17.2 Å². The number of benzene rings is 1. The van der Waals surface area contributed by atoms with Crippen LogP contribution in [0, 0.1) is 0 Å². The molecule has 0 radical (unpaired) electrons. The van der Waals surface area contributed by atoms with Gasteiger partial charge in [-0.15, -0.1) is 0 Å². The fourth-order valence-electron chi connectivity index (χ4n) is 1.40. The number of aromatic amines is 1. The highest BCUT2D eigenvalue weighted by Gasteiger charge is 2.11. The molecule has 1 aromatic carbocycles. The average molecular weight is 262 g/mol. The van der Waals surface area contributed by atoms with Gasteiger partial charge < -0.3 is 19.6 Å². The Morgan fingerprint density at radius 1 is 1.32 bits per heavy atom. The number of nitrogens with zero attached hydrogens (tertiary/aromatic N) is 1. The Labute approximate surface area is 107 Å². The van der Waals surface area contributed by atoms with Crippen LogP contribution in [0.2, 0.25) is 0 Å². The largest absolute Gasteiger partial charge is 0.487 e. The number of rotatable bonds is 4. The van der Waals surface area contributed by atoms with Crippen LogP contribution in [0.25, 0.3) is 0 Å². The molecule has 2 aromatic rings. The van der Waals surface area contributed by atoms with Crippen molar-refractivity contribution in [1.82, 2.24) is 9.97 Å². The molecule has 0 amide bonds. The van der Waals surface area contributed by atoms with E-state index >= 15 is 0 Å². The fraction of sp³-hybridized carbons (Fsp3) is 0.0833. The lowest BCUT2D eigenvalue weighted by atomic mass is 10.2. The highest BCUT2D eigenvalue weighted by atomic mass is 16.5. The summed E-state index contributed by atoms with van der Waals surface area (Å²) in [6.45, 7) is 0. The van der Waals surface area contributed by atoms with Gasteiger partial charge in [0.05, 0.1) is 19.0 Å². The zero-order valence-corrected chi connectivity index (χ0v) is 9.91. The molecule has 7 heteroatoms. The molecule has 19 heavy (non-hydrogen) atoms. The molecule has 0 saturated carbocycles. The van der Waals surface area contributed by atoms with Gasteiger partial charge in [-0.2, -0.15) is 0 Å². The summed E-state index contributed by atoms with van der Waals surface area (Å²) in [6, 6.07) is 5.70. The zero-order chi connectivity index (χ0) is 13.8. The number of carboxylic acid groups (broad SMARTS) is 1. The summed E-state index contributed by atoms with van der Waals surface area (Å²) in [6.07, 6.45) is 1.19. The van der Waals surface area contributed by atoms with Gasteiger partial charge in [0.25, 0.3) is 11.4 Å². The highest BCUT2D eigenvalue weighted by molar-refractivity contribution is 5.87. The molecule has 0 atom stereocenters. The van der Waals surface area contributed by atoms with E-state index in [1.807, 2.05) is 0 Å². The second-order valence-corrected chi connectivity index (χ2v) is 3.50. The van der Waals surface area contributed by atoms with Crippen molar-refractivity contribution in [2.24, 2.45) is 0 Å². The summed E-state index contributed by atoms with van der Waals surface area (Å²) in [5.41, 5.74) is -0.326. The topological polar surface area (TPSA) is 102 Å². The van der Waals surface area contributed by atoms with Crippen LogP contribution in [0.5, 0.6) is 17.4 Å². The SMILES string of the molecule is COc1c(Oc2ccc(C(=O)O)cc2)nc[nH]c1=O. The van der Waals surface area contributed by atoms with Crippen molar-refractivity contribution in [2.45, 2.75) is 0 Å². The second kappa shape index (κ2) is 5.21. The summed E-state index contributed by atoms with van der Waals surface area (Å²) in [7, 11) is 1.33. The van der Waals surface area contributed by atoms with Gasteiger partial charge in [0, 0.05) is 0 Å². The first-order valence-electron chi connectivity index (χ1n) is 5.24. The third kappa shape index (κ3) is 2.71. The molecule has 2 N–H and O–H groups in total. The summed E-state index contributed by atoms with van der Waals surface area (Å²) in [5, 5.41) is 8.77. The maximum Gasteiger partial charge on any atom is 0.335 e. The number of nitrogens with one attached hydrogen (secondary N) is 1. The van der Waals surface area contributed by atoms with E-state index in [2.05, 4.69) is 9.97 Å². The number of aromatic nitrogens is 2. The molecule has 0 saturated heterocycles. The van der Waals surface area contributed by atoms with Crippen LogP contribution in [0.4, 0.5) is 0 Å². The van der Waals surface area contributed by atoms with Gasteiger partial charge in [0.2, 0.25) is 5.75 Å². The maximum atomic E-state index is 11.4. The van der Waals surface area contributed by atoms with Gasteiger partial charge in [-0.3, -0.25) is 4.79 Å². The van der Waals surface area contributed by atoms with Crippen molar-refractivity contribution in [2.75, 3.05) is 7.11 Å². The van der Waals surface area contributed by atoms with E-state index in [0.717, 1.165) is 0 Å². The molecular weight excluding hydrogens is 252 g/mol. The molecule has 0 unspecified atom stereocenters. The van der Waals surface area contributed by atoms with E-state index in [0.29, 0.717) is 5.75 Å². The van der Waals surface area contributed by atoms with Gasteiger partial charge in [0.15, 0.2) is 0 Å². The third-order valence-electron chi connectivity index (χ3n) is 2.30. The van der Waals surface area contributed by atoms with Crippen LogP contribution in [-0.4, -0.2) is 28.2 Å². The van der Waals surface area contributed by atoms with Gasteiger partial charge in [-0.25, -0.2) is 9.78 Å². The monoisotopic (exact) mass is 262 g/mol. The van der Waals surface area contributed by atoms with Crippen molar-refractivity contribution in [3.8, 4) is 17.4 Å². The van der Waals surface area contributed by atoms with Gasteiger partial charge >= 0.3 is 5.97 Å². The lowest BCUT2D eigenvalue weighted by molar-refractivity contribution is 0.0697. The third-order valence-corrected chi connectivity index (χ3v) is 2.30. The van der Waals surface area contributed by atoms with E-state index in [9.17, 15) is 9.59 Å². The van der Waals surface area contributed by atoms with Crippen molar-refractivity contribution in [1.29, 1.82) is 0 Å². The maximum absolute atomic E-state index is 11.4. The predicted octanol–water partition coefficient (Wildman–Crippen LogP) is 1.27. The second-order valence-electron chi connectivity index (χ2n) is 3.50. The number of methoxy groups -OCH3 is 1. The molecule has 2 rings (SSSR count). The molecular formula is C12H10N2O5. The summed E-state index contributed by atoms with van der Waals surface area (Å²) in [4.78, 5) is 28.3. The molecule has 7 nitrogen and oxygen atoms in total. The van der Waals surface area contributed by atoms with Crippen molar-refractivity contribution in [3.05, 3.63) is 46.5 Å². The standard InChI is InChI=1S/C12H10N2O5/c1-18-9-10(15)13-6-14-11(9)19-8-4-2-7(3-5-8)12(16)17/h2-6H,1H3,(H,16,17)(H,13,14,15). The minimum atomic E-state index is -1.03. The van der Waals surface area contributed by atoms with Gasteiger partial charge in [-0.05, 0) is 24.3 Å². The van der Waals surface area contributed by atoms with Gasteiger partial charge in [-0.1, -0.05) is 0 Å². The number of hydrogen-bond acceptors (Lipinski definition) is 5. The Hall–Kier alpha value is -2.83. The molecule has 0 bridgehead atoms. The molecule has 1 heterocycles. The number of carbonyl (C=O) groups is 1. The summed E-state index contributed by atoms with van der Waals surface area (Å²) in [5.74, 6) is -0.723. The number of hydrogen-bond donors (Lipinski definition) is 2. The van der Waals surface area contributed by atoms with Crippen LogP contribution < -0.4 is 15.0 Å². The normalized spacial score (nSPS) is 9.95. The minimum absolute atomic E-state index is 0.00863. The predicted molar refractivity (Wildman–Crippen MR) is 64.9 cm³/mol. The average Bonchev–Trinajstić information content (AvgIpc) is 2.39. The Morgan fingerprint density at radius 2 is 2.00 bits per heavy atom. The van der Waals surface area contributed by atoms with Crippen LogP contribution in [0.15, 0.2) is 35.4 Å². The van der Waals surface area contributed by atoms with Crippen LogP contribution in [-0.2, 0) is 0 Å². The van der Waals surface area contributed by atoms with Crippen LogP contribution in [0.3, 0.4) is 0 Å². The van der Waals surface area contributed by atoms with Crippen LogP contribution >= 0.6 is 0 Å².